The van der Waals surface area contributed by atoms with Gasteiger partial charge < -0.3 is 0 Å². The van der Waals surface area contributed by atoms with Crippen molar-refractivity contribution in [2.75, 3.05) is 13.3 Å². The van der Waals surface area contributed by atoms with Crippen LogP contribution in [0.4, 0.5) is 17.6 Å². The average Bonchev–Trinajstić information content (AvgIpc) is 2.35. The minimum atomic E-state index is -0.939. The first kappa shape index (κ1) is 19.2. The van der Waals surface area contributed by atoms with Gasteiger partial charge in [0.25, 0.3) is 0 Å². The van der Waals surface area contributed by atoms with Gasteiger partial charge in [-0.1, -0.05) is 25.4 Å². The summed E-state index contributed by atoms with van der Waals surface area (Å²) in [4.78, 5) is 0. The van der Waals surface area contributed by atoms with E-state index in [1.807, 2.05) is 0 Å². The zero-order chi connectivity index (χ0) is 14.5. The van der Waals surface area contributed by atoms with E-state index in [1.54, 1.807) is 0 Å². The molecule has 0 heterocycles. The number of halogens is 4. The van der Waals surface area contributed by atoms with E-state index in [0.717, 1.165) is 18.5 Å². The van der Waals surface area contributed by atoms with Crippen LogP contribution in [0.25, 0.3) is 0 Å². The second kappa shape index (κ2) is 13.2. The van der Waals surface area contributed by atoms with Crippen LogP contribution in [-0.4, -0.2) is 44.7 Å². The van der Waals surface area contributed by atoms with Crippen molar-refractivity contribution in [1.82, 2.24) is 0 Å². The Morgan fingerprint density at radius 3 is 1.84 bits per heavy atom. The molecule has 3 unspecified atom stereocenters. The first-order chi connectivity index (χ1) is 9.10. The van der Waals surface area contributed by atoms with Gasteiger partial charge in [-0.05, 0) is 18.0 Å². The smallest absolute Gasteiger partial charge is 0.0998 e. The maximum absolute atomic E-state index is 13.1. The van der Waals surface area contributed by atoms with Crippen molar-refractivity contribution < 1.29 is 17.6 Å². The minimum absolute atomic E-state index is 0.0563. The maximum Gasteiger partial charge on any atom is 0.0998 e. The molecular weight excluding hydrogens is 288 g/mol. The lowest BCUT2D eigenvalue weighted by Gasteiger charge is -2.12. The summed E-state index contributed by atoms with van der Waals surface area (Å²) in [6, 6.07) is 3.39. The van der Waals surface area contributed by atoms with Crippen LogP contribution in [0, 0.1) is 5.92 Å². The van der Waals surface area contributed by atoms with Crippen LogP contribution < -0.4 is 0 Å². The molecule has 0 nitrogen and oxygen atoms in total. The fourth-order valence-corrected chi connectivity index (χ4v) is 6.18. The molecule has 6 heteroatoms. The van der Waals surface area contributed by atoms with E-state index >= 15 is 0 Å². The standard InChI is InChI=1S/C13H28F4Si2/c1-11(8-19-10-13(17)3-6-15)4-7-18-9-12(16)2-5-14/h11-13H,2-10,18-19H2,1H3. The van der Waals surface area contributed by atoms with Crippen LogP contribution in [0.3, 0.4) is 0 Å². The molecule has 0 aromatic carbocycles. The van der Waals surface area contributed by atoms with Crippen molar-refractivity contribution >= 4 is 19.0 Å². The number of hydrogen-bond acceptors (Lipinski definition) is 0. The third-order valence-electron chi connectivity index (χ3n) is 3.52. The molecular formula is C13H28F4Si2. The Kier molecular flexibility index (Phi) is 13.3. The molecule has 0 aliphatic carbocycles. The quantitative estimate of drug-likeness (QED) is 0.277. The van der Waals surface area contributed by atoms with Gasteiger partial charge in [0.05, 0.1) is 25.7 Å². The Bertz CT molecular complexity index is 195. The zero-order valence-corrected chi connectivity index (χ0v) is 14.9. The Labute approximate surface area is 119 Å². The predicted octanol–water partition coefficient (Wildman–Crippen LogP) is 3.42. The molecule has 0 spiro atoms. The summed E-state index contributed by atoms with van der Waals surface area (Å²) in [5, 5.41) is 0. The fraction of sp³-hybridized carbons (Fsp3) is 1.00. The molecule has 0 fully saturated rings. The van der Waals surface area contributed by atoms with E-state index in [-0.39, 0.29) is 12.8 Å². The third kappa shape index (κ3) is 12.9. The molecule has 0 aliphatic rings. The molecule has 3 atom stereocenters. The van der Waals surface area contributed by atoms with Crippen LogP contribution in [-0.2, 0) is 0 Å². The van der Waals surface area contributed by atoms with E-state index in [9.17, 15) is 17.6 Å². The van der Waals surface area contributed by atoms with Crippen LogP contribution in [0.15, 0.2) is 0 Å². The van der Waals surface area contributed by atoms with Gasteiger partial charge in [0, 0.05) is 31.9 Å². The Morgan fingerprint density at radius 2 is 1.32 bits per heavy atom. The highest BCUT2D eigenvalue weighted by Gasteiger charge is 2.10. The van der Waals surface area contributed by atoms with Gasteiger partial charge in [-0.3, -0.25) is 8.78 Å². The highest BCUT2D eigenvalue weighted by atomic mass is 28.2. The van der Waals surface area contributed by atoms with Crippen molar-refractivity contribution in [3.05, 3.63) is 0 Å². The molecule has 0 aliphatic heterocycles. The number of rotatable bonds is 13. The fourth-order valence-electron chi connectivity index (χ4n) is 2.22. The van der Waals surface area contributed by atoms with Crippen molar-refractivity contribution in [3.63, 3.8) is 0 Å². The number of alkyl halides is 4. The summed E-state index contributed by atoms with van der Waals surface area (Å²) in [7, 11) is -0.808. The lowest BCUT2D eigenvalue weighted by molar-refractivity contribution is 0.303. The summed E-state index contributed by atoms with van der Waals surface area (Å²) in [6.07, 6.45) is -0.662. The summed E-state index contributed by atoms with van der Waals surface area (Å²) >= 11 is 0. The van der Waals surface area contributed by atoms with Gasteiger partial charge in [-0.25, -0.2) is 8.78 Å². The summed E-state index contributed by atoms with van der Waals surface area (Å²) in [6.45, 7) is 1.05. The first-order valence-electron chi connectivity index (χ1n) is 7.50. The van der Waals surface area contributed by atoms with Gasteiger partial charge >= 0.3 is 0 Å². The Hall–Kier alpha value is 0.154. The average molecular weight is 317 g/mol. The van der Waals surface area contributed by atoms with Crippen LogP contribution in [0.2, 0.25) is 24.2 Å². The van der Waals surface area contributed by atoms with Gasteiger partial charge in [-0.15, -0.1) is 0 Å². The van der Waals surface area contributed by atoms with E-state index in [2.05, 4.69) is 6.92 Å². The van der Waals surface area contributed by atoms with Crippen LogP contribution >= 0.6 is 0 Å². The Morgan fingerprint density at radius 1 is 0.789 bits per heavy atom. The second-order valence-corrected chi connectivity index (χ2v) is 9.32. The number of hydrogen-bond donors (Lipinski definition) is 0. The van der Waals surface area contributed by atoms with Crippen molar-refractivity contribution in [3.8, 4) is 0 Å². The van der Waals surface area contributed by atoms with E-state index < -0.39 is 44.7 Å². The van der Waals surface area contributed by atoms with Gasteiger partial charge in [0.2, 0.25) is 0 Å². The largest absolute Gasteiger partial charge is 0.251 e. The maximum atomic E-state index is 13.1. The molecule has 116 valence electrons. The van der Waals surface area contributed by atoms with Gasteiger partial charge in [0.1, 0.15) is 0 Å². The monoisotopic (exact) mass is 316 g/mol. The SMILES string of the molecule is CC(CC[SiH2]CC(F)CCF)C[SiH2]CC(F)CCF. The Balaban J connectivity index is 3.36. The molecule has 0 bridgehead atoms. The highest BCUT2D eigenvalue weighted by molar-refractivity contribution is 6.36. The highest BCUT2D eigenvalue weighted by Crippen LogP contribution is 2.15. The molecule has 0 rings (SSSR count). The molecule has 0 aromatic rings. The van der Waals surface area contributed by atoms with Crippen molar-refractivity contribution in [2.45, 2.75) is 62.7 Å². The first-order valence-corrected chi connectivity index (χ1v) is 11.5. The van der Waals surface area contributed by atoms with Gasteiger partial charge in [-0.2, -0.15) is 0 Å². The molecule has 0 amide bonds. The minimum Gasteiger partial charge on any atom is -0.251 e. The van der Waals surface area contributed by atoms with E-state index in [4.69, 9.17) is 0 Å². The second-order valence-electron chi connectivity index (χ2n) is 5.47. The summed E-state index contributed by atoms with van der Waals surface area (Å²) in [5.74, 6) is 0.593. The zero-order valence-electron chi connectivity index (χ0n) is 12.0. The van der Waals surface area contributed by atoms with Crippen molar-refractivity contribution in [1.29, 1.82) is 0 Å². The van der Waals surface area contributed by atoms with Crippen LogP contribution in [0.1, 0.15) is 26.2 Å². The molecule has 0 aromatic heterocycles. The van der Waals surface area contributed by atoms with Crippen LogP contribution in [0.5, 0.6) is 0 Å². The lowest BCUT2D eigenvalue weighted by Crippen LogP contribution is -2.09. The summed E-state index contributed by atoms with van der Waals surface area (Å²) < 4.78 is 49.8. The normalized spacial score (nSPS) is 17.5. The lowest BCUT2D eigenvalue weighted by atomic mass is 10.2. The predicted molar refractivity (Wildman–Crippen MR) is 81.1 cm³/mol. The molecule has 0 saturated carbocycles. The third-order valence-corrected chi connectivity index (χ3v) is 7.89. The molecule has 0 N–H and O–H groups in total. The summed E-state index contributed by atoms with van der Waals surface area (Å²) in [5.41, 5.74) is 0. The molecule has 0 saturated heterocycles. The van der Waals surface area contributed by atoms with Gasteiger partial charge in [0.15, 0.2) is 0 Å². The van der Waals surface area contributed by atoms with Crippen molar-refractivity contribution in [2.24, 2.45) is 5.92 Å². The molecule has 19 heavy (non-hydrogen) atoms. The van der Waals surface area contributed by atoms with E-state index in [0.29, 0.717) is 18.0 Å². The topological polar surface area (TPSA) is 0 Å². The molecule has 0 radical (unpaired) electrons. The van der Waals surface area contributed by atoms with E-state index in [1.165, 1.54) is 0 Å².